The molecule has 6 nitrogen and oxygen atoms in total. The maximum absolute atomic E-state index is 12.9. The first kappa shape index (κ1) is 71.6. The average molecular weight is 1050 g/mol. The molecule has 0 radical (unpaired) electrons. The van der Waals surface area contributed by atoms with Crippen LogP contribution in [0.15, 0.2) is 85.1 Å². The summed E-state index contributed by atoms with van der Waals surface area (Å²) >= 11 is 0. The second-order valence-corrected chi connectivity index (χ2v) is 21.3. The van der Waals surface area contributed by atoms with E-state index in [4.69, 9.17) is 14.2 Å². The minimum absolute atomic E-state index is 0.100. The summed E-state index contributed by atoms with van der Waals surface area (Å²) in [6, 6.07) is 0. The van der Waals surface area contributed by atoms with Crippen LogP contribution in [-0.2, 0) is 28.6 Å². The standard InChI is InChI=1S/C69H120O6/c1-4-7-10-13-16-19-22-25-28-31-33-34-36-39-41-44-47-50-53-56-59-62-68(71)74-65-66(75-69(72)63-60-57-54-51-48-45-42-37-30-27-24-21-18-15-12-9-6-3)64-73-67(70)61-58-55-52-49-46-43-40-38-35-32-29-26-23-20-17-14-11-8-5-2/h17-18,20-21,26-27,29-30,35,38,43,46,52,55,66H,4-16,19,22-25,28,31-34,36-37,39-42,44-45,47-51,53-54,56-65H2,1-3H3/b20-17-,21-18-,29-26-,30-27-,38-35-,46-43-,55-52-/t66-/m1/s1. The van der Waals surface area contributed by atoms with Crippen molar-refractivity contribution in [2.45, 2.75) is 322 Å². The topological polar surface area (TPSA) is 78.9 Å². The minimum Gasteiger partial charge on any atom is -0.462 e. The summed E-state index contributed by atoms with van der Waals surface area (Å²) in [5, 5.41) is 0. The highest BCUT2D eigenvalue weighted by molar-refractivity contribution is 5.71. The van der Waals surface area contributed by atoms with Gasteiger partial charge in [0, 0.05) is 19.3 Å². The van der Waals surface area contributed by atoms with E-state index in [1.165, 1.54) is 193 Å². The Morgan fingerprint density at radius 2 is 0.507 bits per heavy atom. The molecule has 0 spiro atoms. The van der Waals surface area contributed by atoms with Gasteiger partial charge in [-0.3, -0.25) is 14.4 Å². The van der Waals surface area contributed by atoms with Crippen molar-refractivity contribution in [1.82, 2.24) is 0 Å². The number of rotatable bonds is 58. The Labute approximate surface area is 465 Å². The Kier molecular flexibility index (Phi) is 60.3. The van der Waals surface area contributed by atoms with Crippen LogP contribution in [0.1, 0.15) is 316 Å². The third kappa shape index (κ3) is 61.3. The maximum atomic E-state index is 12.9. The molecule has 0 N–H and O–H groups in total. The Balaban J connectivity index is 4.45. The van der Waals surface area contributed by atoms with Crippen LogP contribution in [0.3, 0.4) is 0 Å². The molecule has 1 atom stereocenters. The van der Waals surface area contributed by atoms with Crippen LogP contribution in [0.5, 0.6) is 0 Å². The van der Waals surface area contributed by atoms with Gasteiger partial charge in [-0.1, -0.05) is 292 Å². The van der Waals surface area contributed by atoms with Crippen LogP contribution in [0.2, 0.25) is 0 Å². The van der Waals surface area contributed by atoms with E-state index in [2.05, 4.69) is 99.8 Å². The molecule has 0 saturated carbocycles. The van der Waals surface area contributed by atoms with Crippen molar-refractivity contribution in [3.8, 4) is 0 Å². The van der Waals surface area contributed by atoms with Gasteiger partial charge >= 0.3 is 17.9 Å². The maximum Gasteiger partial charge on any atom is 0.306 e. The van der Waals surface area contributed by atoms with E-state index in [0.717, 1.165) is 77.0 Å². The van der Waals surface area contributed by atoms with Gasteiger partial charge in [0.1, 0.15) is 13.2 Å². The molecule has 0 aromatic heterocycles. The molecular formula is C69H120O6. The summed E-state index contributed by atoms with van der Waals surface area (Å²) in [7, 11) is 0. The fraction of sp³-hybridized carbons (Fsp3) is 0.754. The number of carbonyl (C=O) groups is 3. The Morgan fingerprint density at radius 1 is 0.267 bits per heavy atom. The fourth-order valence-corrected chi connectivity index (χ4v) is 9.05. The van der Waals surface area contributed by atoms with Crippen molar-refractivity contribution in [3.05, 3.63) is 85.1 Å². The minimum atomic E-state index is -0.811. The summed E-state index contributed by atoms with van der Waals surface area (Å²) in [6.45, 7) is 6.56. The molecule has 432 valence electrons. The average Bonchev–Trinajstić information content (AvgIpc) is 3.41. The first-order valence-corrected chi connectivity index (χ1v) is 32.1. The molecule has 0 aromatic rings. The molecule has 0 heterocycles. The zero-order chi connectivity index (χ0) is 54.3. The predicted molar refractivity (Wildman–Crippen MR) is 325 cm³/mol. The lowest BCUT2D eigenvalue weighted by Gasteiger charge is -2.18. The predicted octanol–water partition coefficient (Wildman–Crippen LogP) is 21.9. The molecule has 0 saturated heterocycles. The largest absolute Gasteiger partial charge is 0.462 e. The number of carbonyl (C=O) groups excluding carboxylic acids is 3. The third-order valence-electron chi connectivity index (χ3n) is 13.9. The zero-order valence-corrected chi connectivity index (χ0v) is 49.6. The zero-order valence-electron chi connectivity index (χ0n) is 49.6. The van der Waals surface area contributed by atoms with Gasteiger partial charge in [0.2, 0.25) is 0 Å². The second-order valence-electron chi connectivity index (χ2n) is 21.3. The quantitative estimate of drug-likeness (QED) is 0.0261. The van der Waals surface area contributed by atoms with Gasteiger partial charge in [-0.25, -0.2) is 0 Å². The number of ether oxygens (including phenoxy) is 3. The normalized spacial score (nSPS) is 12.6. The third-order valence-corrected chi connectivity index (χ3v) is 13.9. The van der Waals surface area contributed by atoms with Crippen molar-refractivity contribution in [1.29, 1.82) is 0 Å². The highest BCUT2D eigenvalue weighted by Crippen LogP contribution is 2.17. The molecule has 0 aliphatic carbocycles. The lowest BCUT2D eigenvalue weighted by atomic mass is 10.0. The lowest BCUT2D eigenvalue weighted by molar-refractivity contribution is -0.166. The van der Waals surface area contributed by atoms with E-state index in [9.17, 15) is 14.4 Å². The molecule has 75 heavy (non-hydrogen) atoms. The van der Waals surface area contributed by atoms with Gasteiger partial charge in [0.05, 0.1) is 0 Å². The van der Waals surface area contributed by atoms with E-state index in [1.54, 1.807) is 0 Å². The molecule has 0 aliphatic heterocycles. The van der Waals surface area contributed by atoms with Crippen molar-refractivity contribution in [2.75, 3.05) is 13.2 Å². The summed E-state index contributed by atoms with van der Waals surface area (Å²) in [5.74, 6) is -0.981. The number of allylic oxidation sites excluding steroid dienone is 14. The van der Waals surface area contributed by atoms with E-state index >= 15 is 0 Å². The number of hydrogen-bond acceptors (Lipinski definition) is 6. The van der Waals surface area contributed by atoms with Gasteiger partial charge in [0.25, 0.3) is 0 Å². The Hall–Kier alpha value is -3.41. The highest BCUT2D eigenvalue weighted by Gasteiger charge is 2.19. The van der Waals surface area contributed by atoms with Crippen LogP contribution in [0, 0.1) is 0 Å². The van der Waals surface area contributed by atoms with E-state index < -0.39 is 6.10 Å². The van der Waals surface area contributed by atoms with Gasteiger partial charge in [-0.05, 0) is 89.9 Å². The SMILES string of the molecule is CCCCC/C=C\C/C=C\C/C=C\C/C=C\C/C=C\CCC(=O)OC[C@H](COC(=O)CCCCCCCCCCCCCCCCCCCCCCC)OC(=O)CCCCCCCCC/C=C\C/C=C\CCCCC. The van der Waals surface area contributed by atoms with Crippen LogP contribution < -0.4 is 0 Å². The van der Waals surface area contributed by atoms with Gasteiger partial charge < -0.3 is 14.2 Å². The van der Waals surface area contributed by atoms with E-state index in [0.29, 0.717) is 19.3 Å². The van der Waals surface area contributed by atoms with E-state index in [-0.39, 0.29) is 37.5 Å². The van der Waals surface area contributed by atoms with Gasteiger partial charge in [-0.15, -0.1) is 0 Å². The number of unbranched alkanes of at least 4 members (excludes halogenated alkanes) is 33. The van der Waals surface area contributed by atoms with Crippen molar-refractivity contribution in [3.63, 3.8) is 0 Å². The number of hydrogen-bond donors (Lipinski definition) is 0. The second kappa shape index (κ2) is 63.1. The summed E-state index contributed by atoms with van der Waals surface area (Å²) in [6.07, 6.45) is 83.1. The Bertz CT molecular complexity index is 1430. The van der Waals surface area contributed by atoms with Crippen LogP contribution >= 0.6 is 0 Å². The Morgan fingerprint density at radius 3 is 0.853 bits per heavy atom. The van der Waals surface area contributed by atoms with Gasteiger partial charge in [0.15, 0.2) is 6.10 Å². The molecule has 0 rings (SSSR count). The molecule has 0 fully saturated rings. The molecule has 0 amide bonds. The smallest absolute Gasteiger partial charge is 0.306 e. The van der Waals surface area contributed by atoms with Gasteiger partial charge in [-0.2, -0.15) is 0 Å². The van der Waals surface area contributed by atoms with Crippen LogP contribution in [0.25, 0.3) is 0 Å². The fourth-order valence-electron chi connectivity index (χ4n) is 9.05. The van der Waals surface area contributed by atoms with Crippen molar-refractivity contribution in [2.24, 2.45) is 0 Å². The molecule has 0 aromatic carbocycles. The van der Waals surface area contributed by atoms with Crippen molar-refractivity contribution < 1.29 is 28.6 Å². The van der Waals surface area contributed by atoms with Crippen molar-refractivity contribution >= 4 is 17.9 Å². The first-order chi connectivity index (χ1) is 37.0. The number of esters is 3. The summed E-state index contributed by atoms with van der Waals surface area (Å²) in [4.78, 5) is 38.3. The highest BCUT2D eigenvalue weighted by atomic mass is 16.6. The monoisotopic (exact) mass is 1040 g/mol. The summed E-state index contributed by atoms with van der Waals surface area (Å²) < 4.78 is 16.9. The molecule has 0 bridgehead atoms. The first-order valence-electron chi connectivity index (χ1n) is 32.1. The van der Waals surface area contributed by atoms with Crippen LogP contribution in [0.4, 0.5) is 0 Å². The molecule has 0 aliphatic rings. The van der Waals surface area contributed by atoms with Crippen LogP contribution in [-0.4, -0.2) is 37.2 Å². The van der Waals surface area contributed by atoms with E-state index in [1.807, 2.05) is 6.08 Å². The molecular weight excluding hydrogens is 925 g/mol. The lowest BCUT2D eigenvalue weighted by Crippen LogP contribution is -2.30. The molecule has 0 unspecified atom stereocenters. The summed E-state index contributed by atoms with van der Waals surface area (Å²) in [5.41, 5.74) is 0. The molecule has 6 heteroatoms.